The Morgan fingerprint density at radius 2 is 1.85 bits per heavy atom. The van der Waals surface area contributed by atoms with Crippen LogP contribution in [-0.2, 0) is 27.8 Å². The highest BCUT2D eigenvalue weighted by Gasteiger charge is 2.23. The van der Waals surface area contributed by atoms with Crippen LogP contribution >= 0.6 is 0 Å². The number of hydrogen-bond acceptors (Lipinski definition) is 5. The van der Waals surface area contributed by atoms with Crippen molar-refractivity contribution >= 4 is 32.7 Å². The van der Waals surface area contributed by atoms with E-state index in [1.807, 2.05) is 11.5 Å². The Kier molecular flexibility index (Phi) is 8.21. The third-order valence-corrected chi connectivity index (χ3v) is 7.46. The normalized spacial score (nSPS) is 12.0. The Bertz CT molecular complexity index is 1260. The van der Waals surface area contributed by atoms with E-state index in [1.54, 1.807) is 38.1 Å². The highest BCUT2D eigenvalue weighted by Crippen LogP contribution is 2.26. The first-order chi connectivity index (χ1) is 16.2. The first kappa shape index (κ1) is 25.6. The standard InChI is InChI=1S/C23H28F2N4O4S/c1-4-28(5-2)34(31,32)16-11-12-19-18(15-16)26-21(29(19)6-3)13-14-22(30)27-17-9-7-8-10-20(17)33-23(24)25/h7-12,15,23H,4-6,13-14H2,1-3H3,(H,27,30). The first-order valence-electron chi connectivity index (χ1n) is 11.0. The molecule has 1 amide bonds. The Morgan fingerprint density at radius 3 is 2.50 bits per heavy atom. The molecule has 3 aromatic rings. The number of benzene rings is 2. The zero-order valence-electron chi connectivity index (χ0n) is 19.3. The van der Waals surface area contributed by atoms with Crippen molar-refractivity contribution in [2.45, 2.75) is 51.7 Å². The average Bonchev–Trinajstić information content (AvgIpc) is 3.16. The van der Waals surface area contributed by atoms with Crippen LogP contribution in [0.4, 0.5) is 14.5 Å². The molecule has 184 valence electrons. The monoisotopic (exact) mass is 494 g/mol. The van der Waals surface area contributed by atoms with Gasteiger partial charge in [-0.15, -0.1) is 0 Å². The van der Waals surface area contributed by atoms with Crippen LogP contribution in [-0.4, -0.2) is 47.9 Å². The molecule has 11 heteroatoms. The number of aromatic nitrogens is 2. The average molecular weight is 495 g/mol. The number of ether oxygens (including phenoxy) is 1. The summed E-state index contributed by atoms with van der Waals surface area (Å²) in [5, 5.41) is 2.59. The molecule has 0 spiro atoms. The molecule has 1 aromatic heterocycles. The molecule has 0 aliphatic rings. The van der Waals surface area contributed by atoms with Crippen LogP contribution in [0.1, 0.15) is 33.0 Å². The Labute approximate surface area is 197 Å². The van der Waals surface area contributed by atoms with E-state index in [0.717, 1.165) is 5.52 Å². The second-order valence-electron chi connectivity index (χ2n) is 7.43. The minimum atomic E-state index is -3.62. The predicted octanol–water partition coefficient (Wildman–Crippen LogP) is 4.26. The lowest BCUT2D eigenvalue weighted by molar-refractivity contribution is -0.116. The molecular formula is C23H28F2N4O4S. The van der Waals surface area contributed by atoms with E-state index in [1.165, 1.54) is 22.5 Å². The van der Waals surface area contributed by atoms with Gasteiger partial charge in [0.25, 0.3) is 0 Å². The quantitative estimate of drug-likeness (QED) is 0.430. The smallest absolute Gasteiger partial charge is 0.387 e. The molecule has 0 unspecified atom stereocenters. The molecule has 0 bridgehead atoms. The highest BCUT2D eigenvalue weighted by molar-refractivity contribution is 7.89. The minimum absolute atomic E-state index is 0.0525. The molecule has 0 fully saturated rings. The number of halogens is 2. The van der Waals surface area contributed by atoms with E-state index in [9.17, 15) is 22.0 Å². The molecule has 0 aliphatic carbocycles. The number of carbonyl (C=O) groups excluding carboxylic acids is 1. The lowest BCUT2D eigenvalue weighted by Gasteiger charge is -2.18. The topological polar surface area (TPSA) is 93.5 Å². The highest BCUT2D eigenvalue weighted by atomic mass is 32.2. The molecule has 0 aliphatic heterocycles. The maximum atomic E-state index is 12.9. The summed E-state index contributed by atoms with van der Waals surface area (Å²) < 4.78 is 58.7. The summed E-state index contributed by atoms with van der Waals surface area (Å²) in [4.78, 5) is 17.2. The number of imidazole rings is 1. The largest absolute Gasteiger partial charge is 0.433 e. The number of hydrogen-bond donors (Lipinski definition) is 1. The van der Waals surface area contributed by atoms with Gasteiger partial charge in [-0.2, -0.15) is 13.1 Å². The lowest BCUT2D eigenvalue weighted by Crippen LogP contribution is -2.30. The summed E-state index contributed by atoms with van der Waals surface area (Å²) in [6, 6.07) is 10.8. The van der Waals surface area contributed by atoms with Gasteiger partial charge in [-0.3, -0.25) is 4.79 Å². The van der Waals surface area contributed by atoms with Crippen LogP contribution in [0.5, 0.6) is 5.75 Å². The summed E-state index contributed by atoms with van der Waals surface area (Å²) in [7, 11) is -3.62. The molecule has 8 nitrogen and oxygen atoms in total. The summed E-state index contributed by atoms with van der Waals surface area (Å²) in [6.45, 7) is 3.82. The van der Waals surface area contributed by atoms with Crippen molar-refractivity contribution in [1.82, 2.24) is 13.9 Å². The van der Waals surface area contributed by atoms with Crippen molar-refractivity contribution in [3.63, 3.8) is 0 Å². The molecule has 3 rings (SSSR count). The first-order valence-corrected chi connectivity index (χ1v) is 12.5. The van der Waals surface area contributed by atoms with E-state index in [4.69, 9.17) is 0 Å². The van der Waals surface area contributed by atoms with Crippen LogP contribution in [0.25, 0.3) is 11.0 Å². The SMILES string of the molecule is CCN(CC)S(=O)(=O)c1ccc2c(c1)nc(CCC(=O)Nc1ccccc1OC(F)F)n2CC. The summed E-state index contributed by atoms with van der Waals surface area (Å²) >= 11 is 0. The van der Waals surface area contributed by atoms with Gasteiger partial charge in [-0.25, -0.2) is 13.4 Å². The van der Waals surface area contributed by atoms with E-state index in [0.29, 0.717) is 31.0 Å². The zero-order valence-corrected chi connectivity index (χ0v) is 20.1. The van der Waals surface area contributed by atoms with Crippen molar-refractivity contribution in [2.24, 2.45) is 0 Å². The summed E-state index contributed by atoms with van der Waals surface area (Å²) in [6.07, 6.45) is 0.335. The van der Waals surface area contributed by atoms with Crippen LogP contribution in [0.2, 0.25) is 0 Å². The molecule has 34 heavy (non-hydrogen) atoms. The number of anilines is 1. The van der Waals surface area contributed by atoms with Gasteiger partial charge < -0.3 is 14.6 Å². The fourth-order valence-electron chi connectivity index (χ4n) is 3.78. The molecule has 1 N–H and O–H groups in total. The van der Waals surface area contributed by atoms with Gasteiger partial charge in [0.05, 0.1) is 21.6 Å². The fraction of sp³-hybridized carbons (Fsp3) is 0.391. The van der Waals surface area contributed by atoms with Gasteiger partial charge in [-0.05, 0) is 37.3 Å². The number of nitrogens with one attached hydrogen (secondary N) is 1. The third-order valence-electron chi connectivity index (χ3n) is 5.41. The number of fused-ring (bicyclic) bond motifs is 1. The number of rotatable bonds is 11. The van der Waals surface area contributed by atoms with Gasteiger partial charge in [0.1, 0.15) is 11.6 Å². The number of nitrogens with zero attached hydrogens (tertiary/aromatic N) is 3. The Hall–Kier alpha value is -3.05. The van der Waals surface area contributed by atoms with E-state index in [2.05, 4.69) is 15.0 Å². The second kappa shape index (κ2) is 10.9. The number of alkyl halides is 2. The molecular weight excluding hydrogens is 466 g/mol. The number of sulfonamides is 1. The van der Waals surface area contributed by atoms with E-state index < -0.39 is 16.6 Å². The van der Waals surface area contributed by atoms with Crippen LogP contribution < -0.4 is 10.1 Å². The summed E-state index contributed by atoms with van der Waals surface area (Å²) in [5.74, 6) is 0.126. The van der Waals surface area contributed by atoms with Crippen LogP contribution in [0.3, 0.4) is 0 Å². The van der Waals surface area contributed by atoms with Crippen molar-refractivity contribution in [1.29, 1.82) is 0 Å². The molecule has 0 saturated heterocycles. The number of amides is 1. The van der Waals surface area contributed by atoms with Gasteiger partial charge in [-0.1, -0.05) is 26.0 Å². The lowest BCUT2D eigenvalue weighted by atomic mass is 10.2. The third kappa shape index (κ3) is 5.53. The van der Waals surface area contributed by atoms with Crippen LogP contribution in [0, 0.1) is 0 Å². The molecule has 0 atom stereocenters. The fourth-order valence-corrected chi connectivity index (χ4v) is 5.26. The Balaban J connectivity index is 1.79. The minimum Gasteiger partial charge on any atom is -0.433 e. The van der Waals surface area contributed by atoms with Crippen molar-refractivity contribution in [2.75, 3.05) is 18.4 Å². The van der Waals surface area contributed by atoms with Gasteiger partial charge in [0.15, 0.2) is 0 Å². The predicted molar refractivity (Wildman–Crippen MR) is 126 cm³/mol. The summed E-state index contributed by atoms with van der Waals surface area (Å²) in [5.41, 5.74) is 1.45. The maximum absolute atomic E-state index is 12.9. The van der Waals surface area contributed by atoms with Crippen molar-refractivity contribution in [3.05, 3.63) is 48.3 Å². The van der Waals surface area contributed by atoms with Crippen molar-refractivity contribution in [3.8, 4) is 5.75 Å². The molecule has 0 radical (unpaired) electrons. The van der Waals surface area contributed by atoms with Gasteiger partial charge >= 0.3 is 6.61 Å². The van der Waals surface area contributed by atoms with E-state index >= 15 is 0 Å². The molecule has 2 aromatic carbocycles. The number of carbonyl (C=O) groups is 1. The molecule has 0 saturated carbocycles. The van der Waals surface area contributed by atoms with E-state index in [-0.39, 0.29) is 35.1 Å². The van der Waals surface area contributed by atoms with Gasteiger partial charge in [0.2, 0.25) is 15.9 Å². The van der Waals surface area contributed by atoms with Crippen LogP contribution in [0.15, 0.2) is 47.4 Å². The zero-order chi connectivity index (χ0) is 24.9. The number of aryl methyl sites for hydroxylation is 2. The Morgan fingerprint density at radius 1 is 1.15 bits per heavy atom. The number of para-hydroxylation sites is 2. The second-order valence-corrected chi connectivity index (χ2v) is 9.37. The molecule has 1 heterocycles. The van der Waals surface area contributed by atoms with Crippen molar-refractivity contribution < 1.29 is 26.7 Å². The van der Waals surface area contributed by atoms with Gasteiger partial charge in [0, 0.05) is 32.5 Å². The maximum Gasteiger partial charge on any atom is 0.387 e.